The molecule has 0 aliphatic carbocycles. The van der Waals surface area contributed by atoms with Crippen LogP contribution in [0, 0.1) is 0 Å². The molecule has 1 aliphatic rings. The SMILES string of the molecule is CC(C)(C)N1CCN(C(=O)O)CC1. The average molecular weight is 186 g/mol. The summed E-state index contributed by atoms with van der Waals surface area (Å²) in [5.74, 6) is 0. The third-order valence-electron chi connectivity index (χ3n) is 2.50. The first-order valence-electron chi connectivity index (χ1n) is 4.64. The Hall–Kier alpha value is -0.770. The van der Waals surface area contributed by atoms with Crippen LogP contribution in [0.1, 0.15) is 20.8 Å². The maximum atomic E-state index is 10.6. The van der Waals surface area contributed by atoms with Crippen LogP contribution in [0.3, 0.4) is 0 Å². The first-order valence-corrected chi connectivity index (χ1v) is 4.64. The first-order chi connectivity index (χ1) is 5.91. The van der Waals surface area contributed by atoms with E-state index < -0.39 is 6.09 Å². The summed E-state index contributed by atoms with van der Waals surface area (Å²) in [4.78, 5) is 14.4. The molecular weight excluding hydrogens is 168 g/mol. The number of carbonyl (C=O) groups is 1. The third kappa shape index (κ3) is 2.59. The van der Waals surface area contributed by atoms with Gasteiger partial charge in [0.05, 0.1) is 0 Å². The zero-order chi connectivity index (χ0) is 10.1. The van der Waals surface area contributed by atoms with E-state index in [0.29, 0.717) is 13.1 Å². The minimum absolute atomic E-state index is 0.157. The molecule has 0 atom stereocenters. The lowest BCUT2D eigenvalue weighted by Crippen LogP contribution is -2.54. The molecule has 0 aromatic rings. The molecule has 1 N–H and O–H groups in total. The van der Waals surface area contributed by atoms with Gasteiger partial charge in [0, 0.05) is 31.7 Å². The number of hydrogen-bond acceptors (Lipinski definition) is 2. The highest BCUT2D eigenvalue weighted by Gasteiger charge is 2.27. The van der Waals surface area contributed by atoms with Gasteiger partial charge in [-0.3, -0.25) is 4.90 Å². The molecule has 0 bridgehead atoms. The van der Waals surface area contributed by atoms with Gasteiger partial charge in [0.2, 0.25) is 0 Å². The Morgan fingerprint density at radius 1 is 1.15 bits per heavy atom. The number of hydrogen-bond donors (Lipinski definition) is 1. The van der Waals surface area contributed by atoms with Crippen molar-refractivity contribution >= 4 is 6.09 Å². The molecule has 0 saturated carbocycles. The Morgan fingerprint density at radius 2 is 1.62 bits per heavy atom. The van der Waals surface area contributed by atoms with Crippen LogP contribution in [-0.2, 0) is 0 Å². The van der Waals surface area contributed by atoms with Crippen molar-refractivity contribution in [3.8, 4) is 0 Å². The molecule has 1 amide bonds. The van der Waals surface area contributed by atoms with E-state index >= 15 is 0 Å². The Balaban J connectivity index is 2.44. The Bertz CT molecular complexity index is 190. The fourth-order valence-electron chi connectivity index (χ4n) is 1.57. The zero-order valence-electron chi connectivity index (χ0n) is 8.58. The summed E-state index contributed by atoms with van der Waals surface area (Å²) in [6, 6.07) is 0. The average Bonchev–Trinajstić information content (AvgIpc) is 2.03. The monoisotopic (exact) mass is 186 g/mol. The topological polar surface area (TPSA) is 43.8 Å². The van der Waals surface area contributed by atoms with Gasteiger partial charge >= 0.3 is 6.09 Å². The van der Waals surface area contributed by atoms with Gasteiger partial charge in [-0.2, -0.15) is 0 Å². The van der Waals surface area contributed by atoms with Crippen molar-refractivity contribution in [3.05, 3.63) is 0 Å². The van der Waals surface area contributed by atoms with Gasteiger partial charge in [-0.15, -0.1) is 0 Å². The number of amides is 1. The Kier molecular flexibility index (Phi) is 2.81. The molecule has 4 heteroatoms. The highest BCUT2D eigenvalue weighted by atomic mass is 16.4. The second-order valence-electron chi connectivity index (χ2n) is 4.43. The molecule has 0 radical (unpaired) electrons. The molecule has 0 aromatic heterocycles. The smallest absolute Gasteiger partial charge is 0.407 e. The number of piperazine rings is 1. The molecule has 1 aliphatic heterocycles. The standard InChI is InChI=1S/C9H18N2O2/c1-9(2,3)11-6-4-10(5-7-11)8(12)13/h4-7H2,1-3H3,(H,12,13). The predicted molar refractivity (Wildman–Crippen MR) is 50.9 cm³/mol. The molecule has 4 nitrogen and oxygen atoms in total. The zero-order valence-corrected chi connectivity index (χ0v) is 8.58. The maximum absolute atomic E-state index is 10.6. The van der Waals surface area contributed by atoms with Gasteiger partial charge in [-0.1, -0.05) is 0 Å². The van der Waals surface area contributed by atoms with Gasteiger partial charge < -0.3 is 10.0 Å². The molecule has 0 spiro atoms. The fraction of sp³-hybridized carbons (Fsp3) is 0.889. The van der Waals surface area contributed by atoms with E-state index in [0.717, 1.165) is 13.1 Å². The van der Waals surface area contributed by atoms with Crippen molar-refractivity contribution in [1.29, 1.82) is 0 Å². The maximum Gasteiger partial charge on any atom is 0.407 e. The molecule has 76 valence electrons. The van der Waals surface area contributed by atoms with Crippen molar-refractivity contribution in [1.82, 2.24) is 9.80 Å². The Morgan fingerprint density at radius 3 is 1.92 bits per heavy atom. The van der Waals surface area contributed by atoms with Crippen LogP contribution in [-0.4, -0.2) is 52.7 Å². The molecular formula is C9H18N2O2. The summed E-state index contributed by atoms with van der Waals surface area (Å²) in [6.07, 6.45) is -0.798. The van der Waals surface area contributed by atoms with Crippen molar-refractivity contribution < 1.29 is 9.90 Å². The molecule has 1 saturated heterocycles. The quantitative estimate of drug-likeness (QED) is 0.615. The van der Waals surface area contributed by atoms with Crippen molar-refractivity contribution in [2.24, 2.45) is 0 Å². The molecule has 0 unspecified atom stereocenters. The van der Waals surface area contributed by atoms with E-state index in [1.54, 1.807) is 0 Å². The minimum atomic E-state index is -0.798. The summed E-state index contributed by atoms with van der Waals surface area (Å²) in [5.41, 5.74) is 0.157. The summed E-state index contributed by atoms with van der Waals surface area (Å²) in [6.45, 7) is 9.42. The summed E-state index contributed by atoms with van der Waals surface area (Å²) < 4.78 is 0. The highest BCUT2D eigenvalue weighted by molar-refractivity contribution is 5.65. The first kappa shape index (κ1) is 10.3. The van der Waals surface area contributed by atoms with Crippen molar-refractivity contribution in [2.45, 2.75) is 26.3 Å². The van der Waals surface area contributed by atoms with Crippen LogP contribution in [0.4, 0.5) is 4.79 Å². The van der Waals surface area contributed by atoms with Crippen molar-refractivity contribution in [3.63, 3.8) is 0 Å². The number of nitrogens with zero attached hydrogens (tertiary/aromatic N) is 2. The summed E-state index contributed by atoms with van der Waals surface area (Å²) in [7, 11) is 0. The Labute approximate surface area is 79.1 Å². The van der Waals surface area contributed by atoms with E-state index in [1.807, 2.05) is 0 Å². The summed E-state index contributed by atoms with van der Waals surface area (Å²) >= 11 is 0. The van der Waals surface area contributed by atoms with E-state index in [1.165, 1.54) is 4.90 Å². The molecule has 1 heterocycles. The molecule has 1 fully saturated rings. The van der Waals surface area contributed by atoms with Gasteiger partial charge in [-0.05, 0) is 20.8 Å². The largest absolute Gasteiger partial charge is 0.465 e. The van der Waals surface area contributed by atoms with E-state index in [4.69, 9.17) is 5.11 Å². The molecule has 1 rings (SSSR count). The predicted octanol–water partition coefficient (Wildman–Crippen LogP) is 1.08. The van der Waals surface area contributed by atoms with Crippen LogP contribution in [0.25, 0.3) is 0 Å². The lowest BCUT2D eigenvalue weighted by Gasteiger charge is -2.41. The second-order valence-corrected chi connectivity index (χ2v) is 4.43. The second kappa shape index (κ2) is 3.54. The fourth-order valence-corrected chi connectivity index (χ4v) is 1.57. The van der Waals surface area contributed by atoms with E-state index in [2.05, 4.69) is 25.7 Å². The normalized spacial score (nSPS) is 20.4. The van der Waals surface area contributed by atoms with Gasteiger partial charge in [0.25, 0.3) is 0 Å². The molecule has 0 aromatic carbocycles. The highest BCUT2D eigenvalue weighted by Crippen LogP contribution is 2.15. The van der Waals surface area contributed by atoms with Crippen molar-refractivity contribution in [2.75, 3.05) is 26.2 Å². The van der Waals surface area contributed by atoms with Crippen LogP contribution < -0.4 is 0 Å². The van der Waals surface area contributed by atoms with E-state index in [9.17, 15) is 4.79 Å². The van der Waals surface area contributed by atoms with Gasteiger partial charge in [0.1, 0.15) is 0 Å². The lowest BCUT2D eigenvalue weighted by molar-refractivity contribution is 0.0598. The minimum Gasteiger partial charge on any atom is -0.465 e. The van der Waals surface area contributed by atoms with E-state index in [-0.39, 0.29) is 5.54 Å². The van der Waals surface area contributed by atoms with Crippen LogP contribution in [0.15, 0.2) is 0 Å². The van der Waals surface area contributed by atoms with Crippen LogP contribution in [0.2, 0.25) is 0 Å². The lowest BCUT2D eigenvalue weighted by atomic mass is 10.1. The molecule has 13 heavy (non-hydrogen) atoms. The summed E-state index contributed by atoms with van der Waals surface area (Å²) in [5, 5.41) is 8.73. The van der Waals surface area contributed by atoms with Crippen LogP contribution >= 0.6 is 0 Å². The third-order valence-corrected chi connectivity index (χ3v) is 2.50. The number of carboxylic acid groups (broad SMARTS) is 1. The van der Waals surface area contributed by atoms with Gasteiger partial charge in [-0.25, -0.2) is 4.79 Å². The van der Waals surface area contributed by atoms with Crippen LogP contribution in [0.5, 0.6) is 0 Å². The number of rotatable bonds is 0. The van der Waals surface area contributed by atoms with Gasteiger partial charge in [0.15, 0.2) is 0 Å².